The second-order valence-electron chi connectivity index (χ2n) is 3.92. The highest BCUT2D eigenvalue weighted by Gasteiger charge is 2.15. The Morgan fingerprint density at radius 3 is 2.53 bits per heavy atom. The lowest BCUT2D eigenvalue weighted by Crippen LogP contribution is -1.96. The number of phenols is 1. The van der Waals surface area contributed by atoms with Crippen LogP contribution in [0.1, 0.15) is 20.8 Å². The molecule has 6 heteroatoms. The number of ether oxygens (including phenoxy) is 1. The van der Waals surface area contributed by atoms with E-state index < -0.39 is 0 Å². The van der Waals surface area contributed by atoms with Gasteiger partial charge in [-0.15, -0.1) is 0 Å². The summed E-state index contributed by atoms with van der Waals surface area (Å²) in [6.45, 7) is 0. The Morgan fingerprint density at radius 2 is 2.00 bits per heavy atom. The van der Waals surface area contributed by atoms with Crippen molar-refractivity contribution in [3.8, 4) is 22.8 Å². The molecule has 19 heavy (non-hydrogen) atoms. The molecular formula is C13H12N2O4. The minimum Gasteiger partial charge on any atom is -0.507 e. The van der Waals surface area contributed by atoms with Crippen LogP contribution in [0.5, 0.6) is 11.5 Å². The summed E-state index contributed by atoms with van der Waals surface area (Å²) < 4.78 is 6.44. The van der Waals surface area contributed by atoms with Gasteiger partial charge in [-0.1, -0.05) is 0 Å². The molecule has 1 aromatic carbocycles. The first kappa shape index (κ1) is 12.8. The average Bonchev–Trinajstić information content (AvgIpc) is 2.78. The van der Waals surface area contributed by atoms with Gasteiger partial charge in [0.2, 0.25) is 0 Å². The van der Waals surface area contributed by atoms with Crippen molar-refractivity contribution in [2.24, 2.45) is 7.05 Å². The maximum Gasteiger partial charge on any atom is 0.168 e. The van der Waals surface area contributed by atoms with E-state index in [2.05, 4.69) is 5.10 Å². The van der Waals surface area contributed by atoms with Gasteiger partial charge in [0.25, 0.3) is 0 Å². The van der Waals surface area contributed by atoms with E-state index in [1.165, 1.54) is 23.9 Å². The molecule has 1 N–H and O–H groups in total. The van der Waals surface area contributed by atoms with E-state index in [-0.39, 0.29) is 11.3 Å². The highest BCUT2D eigenvalue weighted by atomic mass is 16.5. The van der Waals surface area contributed by atoms with Crippen LogP contribution < -0.4 is 4.74 Å². The van der Waals surface area contributed by atoms with Gasteiger partial charge in [0.1, 0.15) is 17.2 Å². The molecule has 0 bridgehead atoms. The molecule has 0 atom stereocenters. The second-order valence-corrected chi connectivity index (χ2v) is 3.92. The van der Waals surface area contributed by atoms with E-state index in [0.717, 1.165) is 0 Å². The monoisotopic (exact) mass is 260 g/mol. The topological polar surface area (TPSA) is 81.4 Å². The predicted octanol–water partition coefficient (Wildman–Crippen LogP) is 1.43. The molecule has 0 fully saturated rings. The van der Waals surface area contributed by atoms with Crippen LogP contribution in [0.4, 0.5) is 0 Å². The van der Waals surface area contributed by atoms with E-state index >= 15 is 0 Å². The minimum absolute atomic E-state index is 0.108. The Labute approximate surface area is 109 Å². The molecule has 0 unspecified atom stereocenters. The number of hydrogen-bond donors (Lipinski definition) is 1. The zero-order valence-corrected chi connectivity index (χ0v) is 10.5. The third-order valence-corrected chi connectivity index (χ3v) is 2.80. The number of aryl methyl sites for hydroxylation is 1. The molecular weight excluding hydrogens is 248 g/mol. The fraction of sp³-hybridized carbons (Fsp3) is 0.154. The van der Waals surface area contributed by atoms with Crippen LogP contribution in [0, 0.1) is 0 Å². The van der Waals surface area contributed by atoms with Gasteiger partial charge in [0.15, 0.2) is 12.6 Å². The minimum atomic E-state index is -0.192. The summed E-state index contributed by atoms with van der Waals surface area (Å²) in [6, 6.07) is 4.46. The van der Waals surface area contributed by atoms with Crippen LogP contribution in [0.3, 0.4) is 0 Å². The van der Waals surface area contributed by atoms with Gasteiger partial charge >= 0.3 is 0 Å². The summed E-state index contributed by atoms with van der Waals surface area (Å²) in [6.07, 6.45) is 1.20. The van der Waals surface area contributed by atoms with E-state index in [9.17, 15) is 14.7 Å². The summed E-state index contributed by atoms with van der Waals surface area (Å²) in [5.74, 6) is 0.207. The van der Waals surface area contributed by atoms with Crippen molar-refractivity contribution in [2.75, 3.05) is 7.11 Å². The number of nitrogens with zero attached hydrogens (tertiary/aromatic N) is 2. The molecule has 0 saturated carbocycles. The molecule has 1 heterocycles. The first-order valence-electron chi connectivity index (χ1n) is 5.46. The van der Waals surface area contributed by atoms with Gasteiger partial charge in [-0.3, -0.25) is 14.3 Å². The Morgan fingerprint density at radius 1 is 1.26 bits per heavy atom. The summed E-state index contributed by atoms with van der Waals surface area (Å²) >= 11 is 0. The predicted molar refractivity (Wildman–Crippen MR) is 67.6 cm³/mol. The number of aromatic hydroxyl groups is 1. The highest BCUT2D eigenvalue weighted by Crippen LogP contribution is 2.33. The van der Waals surface area contributed by atoms with E-state index in [1.807, 2.05) is 0 Å². The van der Waals surface area contributed by atoms with E-state index in [1.54, 1.807) is 13.1 Å². The summed E-state index contributed by atoms with van der Waals surface area (Å²) in [7, 11) is 3.07. The standard InChI is InChI=1S/C13H12N2O4/c1-15-8(6-16)3-12(14-15)10-4-9(19-2)5-13(18)11(10)7-17/h3-7,18H,1-2H3. The number of benzene rings is 1. The van der Waals surface area contributed by atoms with Crippen molar-refractivity contribution in [2.45, 2.75) is 0 Å². The first-order chi connectivity index (χ1) is 9.10. The largest absolute Gasteiger partial charge is 0.507 e. The molecule has 1 aromatic heterocycles. The maximum absolute atomic E-state index is 11.1. The van der Waals surface area contributed by atoms with Crippen LogP contribution in [0.25, 0.3) is 11.3 Å². The van der Waals surface area contributed by atoms with E-state index in [4.69, 9.17) is 4.74 Å². The van der Waals surface area contributed by atoms with Crippen LogP contribution in [-0.2, 0) is 7.05 Å². The zero-order valence-electron chi connectivity index (χ0n) is 10.5. The van der Waals surface area contributed by atoms with Gasteiger partial charge in [-0.2, -0.15) is 5.10 Å². The highest BCUT2D eigenvalue weighted by molar-refractivity contribution is 5.91. The number of aromatic nitrogens is 2. The molecule has 98 valence electrons. The number of carbonyl (C=O) groups is 2. The quantitative estimate of drug-likeness (QED) is 0.841. The molecule has 6 nitrogen and oxygen atoms in total. The second kappa shape index (κ2) is 4.93. The van der Waals surface area contributed by atoms with Crippen LogP contribution in [0.15, 0.2) is 18.2 Å². The Kier molecular flexibility index (Phi) is 3.33. The summed E-state index contributed by atoms with van der Waals surface area (Å²) in [5, 5.41) is 13.9. The fourth-order valence-corrected chi connectivity index (χ4v) is 1.79. The van der Waals surface area contributed by atoms with Crippen molar-refractivity contribution in [3.05, 3.63) is 29.5 Å². The van der Waals surface area contributed by atoms with Gasteiger partial charge in [0, 0.05) is 18.7 Å². The van der Waals surface area contributed by atoms with Crippen LogP contribution >= 0.6 is 0 Å². The molecule has 2 aromatic rings. The number of phenolic OH excluding ortho intramolecular Hbond substituents is 1. The molecule has 0 aliphatic heterocycles. The SMILES string of the molecule is COc1cc(O)c(C=O)c(-c2cc(C=O)n(C)n2)c1. The molecule has 0 amide bonds. The molecule has 2 rings (SSSR count). The lowest BCUT2D eigenvalue weighted by atomic mass is 10.0. The zero-order chi connectivity index (χ0) is 14.0. The van der Waals surface area contributed by atoms with Crippen molar-refractivity contribution in [1.29, 1.82) is 0 Å². The number of methoxy groups -OCH3 is 1. The number of hydrogen-bond acceptors (Lipinski definition) is 5. The lowest BCUT2D eigenvalue weighted by molar-refractivity contribution is 0.111. The van der Waals surface area contributed by atoms with E-state index in [0.29, 0.717) is 35.3 Å². The van der Waals surface area contributed by atoms with Gasteiger partial charge in [-0.05, 0) is 12.1 Å². The van der Waals surface area contributed by atoms with Crippen molar-refractivity contribution in [3.63, 3.8) is 0 Å². The Balaban J connectivity index is 2.68. The summed E-state index contributed by atoms with van der Waals surface area (Å²) in [4.78, 5) is 21.9. The van der Waals surface area contributed by atoms with Crippen molar-refractivity contribution in [1.82, 2.24) is 9.78 Å². The molecule has 0 spiro atoms. The lowest BCUT2D eigenvalue weighted by Gasteiger charge is -2.07. The molecule has 0 aliphatic carbocycles. The molecule has 0 radical (unpaired) electrons. The van der Waals surface area contributed by atoms with Gasteiger partial charge < -0.3 is 9.84 Å². The summed E-state index contributed by atoms with van der Waals surface area (Å²) in [5.41, 5.74) is 1.31. The van der Waals surface area contributed by atoms with Gasteiger partial charge in [0.05, 0.1) is 18.4 Å². The van der Waals surface area contributed by atoms with Crippen LogP contribution in [0.2, 0.25) is 0 Å². The molecule has 0 saturated heterocycles. The van der Waals surface area contributed by atoms with Crippen molar-refractivity contribution < 1.29 is 19.4 Å². The van der Waals surface area contributed by atoms with Crippen LogP contribution in [-0.4, -0.2) is 34.6 Å². The number of aldehydes is 2. The van der Waals surface area contributed by atoms with Gasteiger partial charge in [-0.25, -0.2) is 0 Å². The third-order valence-electron chi connectivity index (χ3n) is 2.80. The maximum atomic E-state index is 11.1. The number of carbonyl (C=O) groups excluding carboxylic acids is 2. The normalized spacial score (nSPS) is 10.2. The Hall–Kier alpha value is -2.63. The first-order valence-corrected chi connectivity index (χ1v) is 5.46. The average molecular weight is 260 g/mol. The third kappa shape index (κ3) is 2.20. The van der Waals surface area contributed by atoms with Crippen molar-refractivity contribution >= 4 is 12.6 Å². The fourth-order valence-electron chi connectivity index (χ4n) is 1.79. The molecule has 0 aliphatic rings. The Bertz CT molecular complexity index is 646. The number of rotatable bonds is 4. The smallest absolute Gasteiger partial charge is 0.168 e.